The first kappa shape index (κ1) is 13.3. The minimum atomic E-state index is -4.84. The Morgan fingerprint density at radius 2 is 1.63 bits per heavy atom. The largest absolute Gasteiger partial charge is 0.504 e. The van der Waals surface area contributed by atoms with Crippen molar-refractivity contribution in [2.45, 2.75) is 6.30 Å². The highest BCUT2D eigenvalue weighted by atomic mass is 19.4. The number of benzene rings is 2. The highest BCUT2D eigenvalue weighted by molar-refractivity contribution is 5.98. The maximum absolute atomic E-state index is 13.4. The van der Waals surface area contributed by atoms with E-state index >= 15 is 0 Å². The van der Waals surface area contributed by atoms with E-state index < -0.39 is 46.0 Å². The second-order valence-electron chi connectivity index (χ2n) is 3.66. The minimum Gasteiger partial charge on any atom is -0.504 e. The zero-order valence-corrected chi connectivity index (χ0v) is 8.95. The molecule has 0 aromatic heterocycles. The summed E-state index contributed by atoms with van der Waals surface area (Å²) >= 11 is 0. The molecule has 0 aliphatic rings. The van der Waals surface area contributed by atoms with Crippen molar-refractivity contribution in [3.63, 3.8) is 0 Å². The molecule has 0 aliphatic heterocycles. The molecule has 0 fully saturated rings. The van der Waals surface area contributed by atoms with E-state index in [1.54, 1.807) is 0 Å². The topological polar surface area (TPSA) is 32.3 Å². The molecule has 0 bridgehead atoms. The van der Waals surface area contributed by atoms with Gasteiger partial charge >= 0.3 is 6.30 Å². The third kappa shape index (κ3) is 2.38. The monoisotopic (exact) mass is 281 g/mol. The maximum atomic E-state index is 13.4. The summed E-state index contributed by atoms with van der Waals surface area (Å²) in [5.41, 5.74) is -0.696. The highest BCUT2D eigenvalue weighted by Gasteiger charge is 2.29. The van der Waals surface area contributed by atoms with Crippen LogP contribution in [0.15, 0.2) is 18.2 Å². The van der Waals surface area contributed by atoms with E-state index in [1.165, 1.54) is 0 Å². The quantitative estimate of drug-likeness (QED) is 0.614. The van der Waals surface area contributed by atoms with Crippen LogP contribution in [-0.2, 0) is 0 Å². The van der Waals surface area contributed by atoms with E-state index in [1.807, 2.05) is 0 Å². The average Bonchev–Trinajstić information content (AvgIpc) is 2.28. The van der Waals surface area contributed by atoms with Gasteiger partial charge in [-0.1, -0.05) is 0 Å². The van der Waals surface area contributed by atoms with E-state index in [-0.39, 0.29) is 0 Å². The average molecular weight is 281 g/mol. The normalized spacial score (nSPS) is 11.9. The SMILES string of the molecule is Oc1c(F)c(F)cc2c(NC(F)(F)F)ccc(F)c12. The molecular weight excluding hydrogens is 276 g/mol. The second kappa shape index (κ2) is 4.22. The molecule has 2 aromatic rings. The molecule has 0 saturated heterocycles. The van der Waals surface area contributed by atoms with Crippen LogP contribution in [0, 0.1) is 17.5 Å². The zero-order valence-electron chi connectivity index (χ0n) is 8.95. The van der Waals surface area contributed by atoms with Crippen molar-refractivity contribution < 1.29 is 31.4 Å². The summed E-state index contributed by atoms with van der Waals surface area (Å²) in [7, 11) is 0. The summed E-state index contributed by atoms with van der Waals surface area (Å²) in [4.78, 5) is 0. The van der Waals surface area contributed by atoms with Crippen LogP contribution in [0.25, 0.3) is 10.8 Å². The van der Waals surface area contributed by atoms with Gasteiger partial charge in [0.2, 0.25) is 5.82 Å². The number of anilines is 1. The fraction of sp³-hybridized carbons (Fsp3) is 0.0909. The molecule has 0 heterocycles. The smallest absolute Gasteiger partial charge is 0.482 e. The van der Waals surface area contributed by atoms with Crippen LogP contribution in [0.1, 0.15) is 0 Å². The molecule has 2 nitrogen and oxygen atoms in total. The molecule has 0 radical (unpaired) electrons. The van der Waals surface area contributed by atoms with Crippen molar-refractivity contribution in [3.05, 3.63) is 35.7 Å². The first-order valence-electron chi connectivity index (χ1n) is 4.85. The minimum absolute atomic E-state index is 0.377. The predicted octanol–water partition coefficient (Wildman–Crippen LogP) is 3.89. The van der Waals surface area contributed by atoms with Crippen molar-refractivity contribution in [3.8, 4) is 5.75 Å². The molecule has 2 N–H and O–H groups in total. The molecule has 0 atom stereocenters. The van der Waals surface area contributed by atoms with Crippen molar-refractivity contribution in [2.75, 3.05) is 5.32 Å². The molecular formula is C11H5F6NO. The lowest BCUT2D eigenvalue weighted by atomic mass is 10.1. The highest BCUT2D eigenvalue weighted by Crippen LogP contribution is 2.37. The number of aromatic hydroxyl groups is 1. The Balaban J connectivity index is 2.79. The fourth-order valence-corrected chi connectivity index (χ4v) is 1.66. The number of nitrogens with one attached hydrogen (secondary N) is 1. The van der Waals surface area contributed by atoms with Gasteiger partial charge in [-0.15, -0.1) is 0 Å². The van der Waals surface area contributed by atoms with E-state index in [0.29, 0.717) is 18.2 Å². The number of phenolic OH excluding ortho intramolecular Hbond substituents is 1. The molecule has 102 valence electrons. The number of halogens is 6. The Hall–Kier alpha value is -2.12. The Labute approximate surface area is 102 Å². The molecule has 19 heavy (non-hydrogen) atoms. The summed E-state index contributed by atoms with van der Waals surface area (Å²) < 4.78 is 76.2. The molecule has 8 heteroatoms. The molecule has 0 amide bonds. The molecule has 0 spiro atoms. The van der Waals surface area contributed by atoms with Crippen LogP contribution in [0.5, 0.6) is 5.75 Å². The van der Waals surface area contributed by atoms with Gasteiger partial charge in [-0.05, 0) is 18.2 Å². The van der Waals surface area contributed by atoms with Crippen LogP contribution in [-0.4, -0.2) is 11.4 Å². The zero-order chi connectivity index (χ0) is 14.4. The van der Waals surface area contributed by atoms with Crippen LogP contribution >= 0.6 is 0 Å². The van der Waals surface area contributed by atoms with Crippen LogP contribution in [0.4, 0.5) is 32.0 Å². The number of phenols is 1. The molecule has 2 rings (SSSR count). The van der Waals surface area contributed by atoms with Gasteiger partial charge in [-0.25, -0.2) is 8.78 Å². The lowest BCUT2D eigenvalue weighted by molar-refractivity contribution is -0.0998. The lowest BCUT2D eigenvalue weighted by Gasteiger charge is -2.14. The Bertz CT molecular complexity index is 652. The molecule has 0 unspecified atom stereocenters. The van der Waals surface area contributed by atoms with E-state index in [2.05, 4.69) is 0 Å². The van der Waals surface area contributed by atoms with Gasteiger partial charge in [-0.2, -0.15) is 17.6 Å². The van der Waals surface area contributed by atoms with Gasteiger partial charge in [0.15, 0.2) is 11.6 Å². The Morgan fingerprint density at radius 3 is 2.21 bits per heavy atom. The van der Waals surface area contributed by atoms with Crippen LogP contribution < -0.4 is 5.32 Å². The van der Waals surface area contributed by atoms with Crippen LogP contribution in [0.2, 0.25) is 0 Å². The van der Waals surface area contributed by atoms with Crippen molar-refractivity contribution in [2.24, 2.45) is 0 Å². The lowest BCUT2D eigenvalue weighted by Crippen LogP contribution is -2.20. The Morgan fingerprint density at radius 1 is 1.00 bits per heavy atom. The number of hydrogen-bond acceptors (Lipinski definition) is 2. The van der Waals surface area contributed by atoms with Crippen molar-refractivity contribution >= 4 is 16.5 Å². The van der Waals surface area contributed by atoms with Gasteiger partial charge < -0.3 is 5.11 Å². The predicted molar refractivity (Wildman–Crippen MR) is 55.2 cm³/mol. The summed E-state index contributed by atoms with van der Waals surface area (Å²) in [6.07, 6.45) is -4.84. The summed E-state index contributed by atoms with van der Waals surface area (Å²) in [5, 5.41) is 8.89. The van der Waals surface area contributed by atoms with Crippen molar-refractivity contribution in [1.82, 2.24) is 0 Å². The third-order valence-electron chi connectivity index (χ3n) is 2.40. The van der Waals surface area contributed by atoms with E-state index in [0.717, 1.165) is 5.32 Å². The molecule has 0 saturated carbocycles. The number of fused-ring (bicyclic) bond motifs is 1. The first-order chi connectivity index (χ1) is 8.70. The molecule has 0 aliphatic carbocycles. The van der Waals surface area contributed by atoms with Gasteiger partial charge in [0.1, 0.15) is 5.82 Å². The number of rotatable bonds is 1. The Kier molecular flexibility index (Phi) is 2.95. The fourth-order valence-electron chi connectivity index (χ4n) is 1.66. The van der Waals surface area contributed by atoms with Gasteiger partial charge in [-0.3, -0.25) is 5.32 Å². The number of alkyl halides is 3. The van der Waals surface area contributed by atoms with E-state index in [4.69, 9.17) is 0 Å². The van der Waals surface area contributed by atoms with E-state index in [9.17, 15) is 31.4 Å². The molecule has 2 aromatic carbocycles. The summed E-state index contributed by atoms with van der Waals surface area (Å²) in [6.45, 7) is 0. The number of hydrogen-bond donors (Lipinski definition) is 2. The second-order valence-corrected chi connectivity index (χ2v) is 3.66. The van der Waals surface area contributed by atoms with Gasteiger partial charge in [0, 0.05) is 11.1 Å². The van der Waals surface area contributed by atoms with Crippen LogP contribution in [0.3, 0.4) is 0 Å². The third-order valence-corrected chi connectivity index (χ3v) is 2.40. The summed E-state index contributed by atoms with van der Waals surface area (Å²) in [5.74, 6) is -5.85. The van der Waals surface area contributed by atoms with Gasteiger partial charge in [0.05, 0.1) is 5.39 Å². The van der Waals surface area contributed by atoms with Gasteiger partial charge in [0.25, 0.3) is 0 Å². The van der Waals surface area contributed by atoms with Crippen molar-refractivity contribution in [1.29, 1.82) is 0 Å². The first-order valence-corrected chi connectivity index (χ1v) is 4.85. The standard InChI is InChI=1S/C11H5F6NO/c12-5-1-2-7(18-11(15,16)17)4-3-6(13)9(14)10(19)8(4)5/h1-3,18-19H. The maximum Gasteiger partial charge on any atom is 0.482 e. The summed E-state index contributed by atoms with van der Waals surface area (Å²) in [6, 6.07) is 1.69.